The van der Waals surface area contributed by atoms with E-state index in [0.29, 0.717) is 32.7 Å². The number of amides is 2. The molecular weight excluding hydrogens is 284 g/mol. The molecule has 22 heavy (non-hydrogen) atoms. The van der Waals surface area contributed by atoms with Crippen molar-refractivity contribution in [3.63, 3.8) is 0 Å². The van der Waals surface area contributed by atoms with Crippen molar-refractivity contribution in [2.45, 2.75) is 25.3 Å². The molecule has 1 heterocycles. The lowest BCUT2D eigenvalue weighted by Gasteiger charge is -2.28. The number of hydrogen-bond donors (Lipinski definition) is 2. The monoisotopic (exact) mass is 306 g/mol. The summed E-state index contributed by atoms with van der Waals surface area (Å²) in [6, 6.07) is 9.48. The number of benzene rings is 1. The van der Waals surface area contributed by atoms with Gasteiger partial charge in [0.15, 0.2) is 0 Å². The summed E-state index contributed by atoms with van der Waals surface area (Å²) in [5.74, 6) is -0.0184. The van der Waals surface area contributed by atoms with E-state index >= 15 is 0 Å². The predicted octanol–water partition coefficient (Wildman–Crippen LogP) is 1.50. The van der Waals surface area contributed by atoms with Crippen LogP contribution in [0.25, 0.3) is 0 Å². The Morgan fingerprint density at radius 1 is 1.23 bits per heavy atom. The lowest BCUT2D eigenvalue weighted by Crippen LogP contribution is -2.44. The smallest absolute Gasteiger partial charge is 0.404 e. The molecule has 0 aromatic heterocycles. The number of ether oxygens (including phenoxy) is 1. The Kier molecular flexibility index (Phi) is 6.21. The molecule has 1 atom stereocenters. The van der Waals surface area contributed by atoms with E-state index in [1.165, 1.54) is 0 Å². The molecule has 0 spiro atoms. The van der Waals surface area contributed by atoms with Crippen LogP contribution in [0.4, 0.5) is 4.79 Å². The van der Waals surface area contributed by atoms with Gasteiger partial charge in [-0.25, -0.2) is 4.79 Å². The molecule has 6 nitrogen and oxygen atoms in total. The minimum absolute atomic E-state index is 0.0184. The second-order valence-corrected chi connectivity index (χ2v) is 5.37. The third-order valence-electron chi connectivity index (χ3n) is 3.74. The summed E-state index contributed by atoms with van der Waals surface area (Å²) >= 11 is 0. The second kappa shape index (κ2) is 8.38. The number of hydrogen-bond acceptors (Lipinski definition) is 3. The molecule has 0 unspecified atom stereocenters. The molecule has 1 aromatic carbocycles. The number of carbonyl (C=O) groups excluding carboxylic acids is 1. The first-order valence-electron chi connectivity index (χ1n) is 7.54. The lowest BCUT2D eigenvalue weighted by atomic mass is 10.0. The highest BCUT2D eigenvalue weighted by atomic mass is 16.5. The number of carbonyl (C=O) groups is 2. The van der Waals surface area contributed by atoms with Crippen molar-refractivity contribution in [1.29, 1.82) is 0 Å². The Balaban J connectivity index is 1.87. The van der Waals surface area contributed by atoms with Gasteiger partial charge in [-0.1, -0.05) is 30.3 Å². The first kappa shape index (κ1) is 16.3. The Hall–Kier alpha value is -2.08. The number of nitrogens with zero attached hydrogens (tertiary/aromatic N) is 1. The van der Waals surface area contributed by atoms with E-state index in [2.05, 4.69) is 5.32 Å². The van der Waals surface area contributed by atoms with Crippen LogP contribution in [0, 0.1) is 0 Å². The van der Waals surface area contributed by atoms with Gasteiger partial charge in [0, 0.05) is 25.6 Å². The van der Waals surface area contributed by atoms with Crippen molar-refractivity contribution in [3.05, 3.63) is 35.9 Å². The Morgan fingerprint density at radius 2 is 1.91 bits per heavy atom. The molecule has 0 radical (unpaired) electrons. The molecular formula is C16H22N2O4. The van der Waals surface area contributed by atoms with Crippen LogP contribution >= 0.6 is 0 Å². The van der Waals surface area contributed by atoms with Crippen LogP contribution in [0.3, 0.4) is 0 Å². The van der Waals surface area contributed by atoms with Crippen LogP contribution in [0.1, 0.15) is 18.4 Å². The summed E-state index contributed by atoms with van der Waals surface area (Å²) in [5, 5.41) is 11.4. The van der Waals surface area contributed by atoms with Gasteiger partial charge in [0.25, 0.3) is 0 Å². The van der Waals surface area contributed by atoms with Crippen molar-refractivity contribution < 1.29 is 19.4 Å². The van der Waals surface area contributed by atoms with Gasteiger partial charge in [-0.15, -0.1) is 0 Å². The maximum atomic E-state index is 12.2. The lowest BCUT2D eigenvalue weighted by molar-refractivity contribution is -0.135. The average molecular weight is 306 g/mol. The summed E-state index contributed by atoms with van der Waals surface area (Å²) in [7, 11) is 0. The van der Waals surface area contributed by atoms with E-state index in [-0.39, 0.29) is 18.4 Å². The predicted molar refractivity (Wildman–Crippen MR) is 81.7 cm³/mol. The maximum Gasteiger partial charge on any atom is 0.404 e. The molecule has 0 bridgehead atoms. The molecule has 2 N–H and O–H groups in total. The van der Waals surface area contributed by atoms with Gasteiger partial charge >= 0.3 is 6.09 Å². The van der Waals surface area contributed by atoms with Crippen LogP contribution in [0.15, 0.2) is 30.3 Å². The highest BCUT2D eigenvalue weighted by molar-refractivity contribution is 5.77. The molecule has 2 rings (SSSR count). The first-order valence-corrected chi connectivity index (χ1v) is 7.54. The van der Waals surface area contributed by atoms with Gasteiger partial charge in [0.2, 0.25) is 5.91 Å². The summed E-state index contributed by atoms with van der Waals surface area (Å²) < 4.78 is 5.22. The Labute approximate surface area is 130 Å². The topological polar surface area (TPSA) is 78.9 Å². The van der Waals surface area contributed by atoms with Gasteiger partial charge in [-0.3, -0.25) is 4.79 Å². The maximum absolute atomic E-state index is 12.2. The van der Waals surface area contributed by atoms with E-state index < -0.39 is 6.09 Å². The molecule has 1 saturated heterocycles. The van der Waals surface area contributed by atoms with E-state index in [1.54, 1.807) is 4.90 Å². The molecule has 2 amide bonds. The highest BCUT2D eigenvalue weighted by Gasteiger charge is 2.22. The molecule has 0 aliphatic carbocycles. The standard InChI is InChI=1S/C16H22N2O4/c19-15(18-8-10-22-11-9-18)12-14(17-16(20)21)7-6-13-4-2-1-3-5-13/h1-5,14,17H,6-12H2,(H,20,21)/t14-/m0/s1. The minimum Gasteiger partial charge on any atom is -0.465 e. The summed E-state index contributed by atoms with van der Waals surface area (Å²) in [5.41, 5.74) is 1.14. The second-order valence-electron chi connectivity index (χ2n) is 5.37. The van der Waals surface area contributed by atoms with Crippen LogP contribution in [0.5, 0.6) is 0 Å². The van der Waals surface area contributed by atoms with Gasteiger partial charge in [-0.2, -0.15) is 0 Å². The van der Waals surface area contributed by atoms with Gasteiger partial charge in [0.1, 0.15) is 0 Å². The molecule has 1 aliphatic heterocycles. The SMILES string of the molecule is O=C(O)N[C@@H](CCc1ccccc1)CC(=O)N1CCOCC1. The molecule has 0 saturated carbocycles. The summed E-state index contributed by atoms with van der Waals surface area (Å²) in [6.45, 7) is 2.26. The van der Waals surface area contributed by atoms with E-state index in [4.69, 9.17) is 9.84 Å². The Morgan fingerprint density at radius 3 is 2.55 bits per heavy atom. The fraction of sp³-hybridized carbons (Fsp3) is 0.500. The zero-order valence-corrected chi connectivity index (χ0v) is 12.5. The van der Waals surface area contributed by atoms with Gasteiger partial charge in [0.05, 0.1) is 13.2 Å². The number of morpholine rings is 1. The molecule has 1 aliphatic rings. The largest absolute Gasteiger partial charge is 0.465 e. The zero-order valence-electron chi connectivity index (χ0n) is 12.5. The van der Waals surface area contributed by atoms with Gasteiger partial charge in [-0.05, 0) is 18.4 Å². The van der Waals surface area contributed by atoms with Crippen molar-refractivity contribution in [1.82, 2.24) is 10.2 Å². The van der Waals surface area contributed by atoms with Crippen molar-refractivity contribution in [3.8, 4) is 0 Å². The fourth-order valence-corrected chi connectivity index (χ4v) is 2.54. The van der Waals surface area contributed by atoms with Crippen molar-refractivity contribution >= 4 is 12.0 Å². The molecule has 6 heteroatoms. The average Bonchev–Trinajstić information content (AvgIpc) is 2.54. The zero-order chi connectivity index (χ0) is 15.8. The number of rotatable bonds is 6. The number of nitrogens with one attached hydrogen (secondary N) is 1. The summed E-state index contributed by atoms with van der Waals surface area (Å²) in [6.07, 6.45) is 0.445. The quantitative estimate of drug-likeness (QED) is 0.835. The van der Waals surface area contributed by atoms with E-state index in [9.17, 15) is 9.59 Å². The summed E-state index contributed by atoms with van der Waals surface area (Å²) in [4.78, 5) is 24.9. The number of aryl methyl sites for hydroxylation is 1. The molecule has 1 fully saturated rings. The third-order valence-corrected chi connectivity index (χ3v) is 3.74. The van der Waals surface area contributed by atoms with Crippen LogP contribution in [-0.2, 0) is 16.0 Å². The molecule has 120 valence electrons. The van der Waals surface area contributed by atoms with Gasteiger partial charge < -0.3 is 20.1 Å². The third kappa shape index (κ3) is 5.37. The van der Waals surface area contributed by atoms with Crippen molar-refractivity contribution in [2.24, 2.45) is 0 Å². The normalized spacial score (nSPS) is 16.1. The van der Waals surface area contributed by atoms with E-state index in [1.807, 2.05) is 30.3 Å². The minimum atomic E-state index is -1.09. The van der Waals surface area contributed by atoms with Crippen molar-refractivity contribution in [2.75, 3.05) is 26.3 Å². The first-order chi connectivity index (χ1) is 10.6. The van der Waals surface area contributed by atoms with E-state index in [0.717, 1.165) is 12.0 Å². The van der Waals surface area contributed by atoms with Crippen LogP contribution in [-0.4, -0.2) is 54.4 Å². The number of carboxylic acid groups (broad SMARTS) is 1. The van der Waals surface area contributed by atoms with Crippen LogP contribution < -0.4 is 5.32 Å². The Bertz CT molecular complexity index is 486. The van der Waals surface area contributed by atoms with Crippen LogP contribution in [0.2, 0.25) is 0 Å². The molecule has 1 aromatic rings. The highest BCUT2D eigenvalue weighted by Crippen LogP contribution is 2.10. The fourth-order valence-electron chi connectivity index (χ4n) is 2.54.